The summed E-state index contributed by atoms with van der Waals surface area (Å²) in [4.78, 5) is 23.0. The first-order valence-electron chi connectivity index (χ1n) is 5.65. The van der Waals surface area contributed by atoms with Gasteiger partial charge in [0.15, 0.2) is 0 Å². The summed E-state index contributed by atoms with van der Waals surface area (Å²) in [5.74, 6) is -1.69. The summed E-state index contributed by atoms with van der Waals surface area (Å²) >= 11 is 11.3. The van der Waals surface area contributed by atoms with Gasteiger partial charge in [0.2, 0.25) is 5.91 Å². The van der Waals surface area contributed by atoms with Crippen molar-refractivity contribution in [1.82, 2.24) is 10.6 Å². The van der Waals surface area contributed by atoms with Crippen LogP contribution in [0, 0.1) is 5.82 Å². The zero-order chi connectivity index (χ0) is 14.4. The molecule has 0 aliphatic heterocycles. The average molecular weight is 307 g/mol. The number of nitrogens with one attached hydrogen (secondary N) is 2. The van der Waals surface area contributed by atoms with Crippen LogP contribution in [-0.4, -0.2) is 24.9 Å². The monoisotopic (exact) mass is 306 g/mol. The summed E-state index contributed by atoms with van der Waals surface area (Å²) in [5.41, 5.74) is -0.0631. The van der Waals surface area contributed by atoms with Gasteiger partial charge >= 0.3 is 0 Å². The molecule has 19 heavy (non-hydrogen) atoms. The van der Waals surface area contributed by atoms with Crippen LogP contribution in [0.5, 0.6) is 0 Å². The van der Waals surface area contributed by atoms with E-state index in [2.05, 4.69) is 10.6 Å². The van der Waals surface area contributed by atoms with Crippen LogP contribution in [0.3, 0.4) is 0 Å². The third kappa shape index (κ3) is 4.69. The van der Waals surface area contributed by atoms with Crippen molar-refractivity contribution < 1.29 is 14.0 Å². The van der Waals surface area contributed by atoms with Crippen molar-refractivity contribution in [2.75, 3.05) is 13.1 Å². The second-order valence-corrected chi connectivity index (χ2v) is 4.59. The first-order chi connectivity index (χ1) is 8.95. The molecular weight excluding hydrogens is 294 g/mol. The van der Waals surface area contributed by atoms with E-state index in [9.17, 15) is 14.0 Å². The van der Waals surface area contributed by atoms with Crippen molar-refractivity contribution in [3.63, 3.8) is 0 Å². The molecule has 0 saturated carbocycles. The molecule has 0 unspecified atom stereocenters. The molecule has 0 atom stereocenters. The molecule has 0 aromatic heterocycles. The molecule has 4 nitrogen and oxygen atoms in total. The molecule has 2 N–H and O–H groups in total. The van der Waals surface area contributed by atoms with E-state index >= 15 is 0 Å². The highest BCUT2D eigenvalue weighted by Crippen LogP contribution is 2.24. The lowest BCUT2D eigenvalue weighted by atomic mass is 10.2. The molecule has 1 aromatic carbocycles. The molecule has 1 rings (SSSR count). The first kappa shape index (κ1) is 15.7. The third-order valence-corrected chi connectivity index (χ3v) is 2.84. The van der Waals surface area contributed by atoms with E-state index in [0.29, 0.717) is 6.54 Å². The van der Waals surface area contributed by atoms with Gasteiger partial charge in [-0.15, -0.1) is 0 Å². The maximum atomic E-state index is 13.2. The fourth-order valence-corrected chi connectivity index (χ4v) is 1.75. The number of rotatable bonds is 5. The molecule has 0 heterocycles. The van der Waals surface area contributed by atoms with Crippen LogP contribution in [0.2, 0.25) is 10.0 Å². The lowest BCUT2D eigenvalue weighted by molar-refractivity contribution is -0.120. The molecular formula is C12H13Cl2FN2O2. The minimum absolute atomic E-state index is 0.0258. The highest BCUT2D eigenvalue weighted by atomic mass is 35.5. The predicted octanol–water partition coefficient (Wildman–Crippen LogP) is 2.39. The van der Waals surface area contributed by atoms with Gasteiger partial charge in [-0.1, -0.05) is 30.1 Å². The zero-order valence-corrected chi connectivity index (χ0v) is 11.7. The minimum atomic E-state index is -0.744. The Balaban J connectivity index is 2.64. The fraction of sp³-hybridized carbons (Fsp3) is 0.333. The number of carbonyl (C=O) groups is 2. The van der Waals surface area contributed by atoms with Gasteiger partial charge in [0.05, 0.1) is 22.2 Å². The fourth-order valence-electron chi connectivity index (χ4n) is 1.28. The van der Waals surface area contributed by atoms with E-state index in [1.165, 1.54) is 0 Å². The number of halogens is 3. The van der Waals surface area contributed by atoms with Crippen molar-refractivity contribution in [1.29, 1.82) is 0 Å². The van der Waals surface area contributed by atoms with Gasteiger partial charge in [0.25, 0.3) is 5.91 Å². The Labute approximate surface area is 120 Å². The van der Waals surface area contributed by atoms with Gasteiger partial charge in [-0.2, -0.15) is 0 Å². The van der Waals surface area contributed by atoms with Crippen molar-refractivity contribution in [2.45, 2.75) is 13.3 Å². The SMILES string of the molecule is CCCNC(=O)CNC(=O)c1cc(F)c(Cl)cc1Cl. The third-order valence-electron chi connectivity index (χ3n) is 2.24. The second kappa shape index (κ2) is 7.31. The number of hydrogen-bond donors (Lipinski definition) is 2. The zero-order valence-electron chi connectivity index (χ0n) is 10.2. The van der Waals surface area contributed by atoms with Gasteiger partial charge in [0, 0.05) is 6.54 Å². The van der Waals surface area contributed by atoms with Gasteiger partial charge in [-0.05, 0) is 18.6 Å². The van der Waals surface area contributed by atoms with Crippen molar-refractivity contribution in [2.24, 2.45) is 0 Å². The quantitative estimate of drug-likeness (QED) is 0.821. The summed E-state index contributed by atoms with van der Waals surface area (Å²) in [6.45, 7) is 2.25. The van der Waals surface area contributed by atoms with E-state index in [1.54, 1.807) is 0 Å². The van der Waals surface area contributed by atoms with Crippen LogP contribution in [0.1, 0.15) is 23.7 Å². The number of amides is 2. The highest BCUT2D eigenvalue weighted by molar-refractivity contribution is 6.36. The van der Waals surface area contributed by atoms with Crippen LogP contribution < -0.4 is 10.6 Å². The smallest absolute Gasteiger partial charge is 0.253 e. The molecule has 0 spiro atoms. The Morgan fingerprint density at radius 3 is 2.53 bits per heavy atom. The van der Waals surface area contributed by atoms with Crippen molar-refractivity contribution in [3.05, 3.63) is 33.6 Å². The Morgan fingerprint density at radius 2 is 1.89 bits per heavy atom. The molecule has 0 aliphatic carbocycles. The molecule has 1 aromatic rings. The first-order valence-corrected chi connectivity index (χ1v) is 6.40. The Bertz CT molecular complexity index is 495. The van der Waals surface area contributed by atoms with Crippen molar-refractivity contribution >= 4 is 35.0 Å². The molecule has 7 heteroatoms. The van der Waals surface area contributed by atoms with E-state index in [-0.39, 0.29) is 28.1 Å². The van der Waals surface area contributed by atoms with Gasteiger partial charge in [-0.3, -0.25) is 9.59 Å². The summed E-state index contributed by atoms with van der Waals surface area (Å²) in [7, 11) is 0. The van der Waals surface area contributed by atoms with E-state index < -0.39 is 11.7 Å². The summed E-state index contributed by atoms with van der Waals surface area (Å²) in [6.07, 6.45) is 0.800. The number of carbonyl (C=O) groups excluding carboxylic acids is 2. The predicted molar refractivity (Wildman–Crippen MR) is 72.1 cm³/mol. The second-order valence-electron chi connectivity index (χ2n) is 3.78. The molecule has 2 amide bonds. The van der Waals surface area contributed by atoms with Gasteiger partial charge < -0.3 is 10.6 Å². The lowest BCUT2D eigenvalue weighted by Crippen LogP contribution is -2.37. The Hall–Kier alpha value is -1.33. The lowest BCUT2D eigenvalue weighted by Gasteiger charge is -2.08. The molecule has 0 radical (unpaired) electrons. The number of benzene rings is 1. The summed E-state index contributed by atoms with van der Waals surface area (Å²) < 4.78 is 13.2. The van der Waals surface area contributed by atoms with E-state index in [0.717, 1.165) is 18.6 Å². The van der Waals surface area contributed by atoms with Gasteiger partial charge in [-0.25, -0.2) is 4.39 Å². The summed E-state index contributed by atoms with van der Waals surface area (Å²) in [5, 5.41) is 4.80. The topological polar surface area (TPSA) is 58.2 Å². The minimum Gasteiger partial charge on any atom is -0.355 e. The van der Waals surface area contributed by atoms with Crippen LogP contribution in [0.4, 0.5) is 4.39 Å². The van der Waals surface area contributed by atoms with Crippen LogP contribution in [0.25, 0.3) is 0 Å². The maximum absolute atomic E-state index is 13.2. The molecule has 0 fully saturated rings. The normalized spacial score (nSPS) is 10.1. The molecule has 0 saturated heterocycles. The Morgan fingerprint density at radius 1 is 1.21 bits per heavy atom. The Kier molecular flexibility index (Phi) is 6.05. The standard InChI is InChI=1S/C12H13Cl2FN2O2/c1-2-3-16-11(18)6-17-12(19)7-4-10(15)9(14)5-8(7)13/h4-5H,2-3,6H2,1H3,(H,16,18)(H,17,19). The van der Waals surface area contributed by atoms with Gasteiger partial charge in [0.1, 0.15) is 5.82 Å². The average Bonchev–Trinajstić information content (AvgIpc) is 2.37. The van der Waals surface area contributed by atoms with E-state index in [4.69, 9.17) is 23.2 Å². The molecule has 0 bridgehead atoms. The van der Waals surface area contributed by atoms with Crippen molar-refractivity contribution in [3.8, 4) is 0 Å². The van der Waals surface area contributed by atoms with Crippen LogP contribution in [0.15, 0.2) is 12.1 Å². The maximum Gasteiger partial charge on any atom is 0.253 e. The molecule has 104 valence electrons. The van der Waals surface area contributed by atoms with E-state index in [1.807, 2.05) is 6.92 Å². The molecule has 0 aliphatic rings. The highest BCUT2D eigenvalue weighted by Gasteiger charge is 2.14. The van der Waals surface area contributed by atoms with Crippen LogP contribution in [-0.2, 0) is 4.79 Å². The van der Waals surface area contributed by atoms with Crippen LogP contribution >= 0.6 is 23.2 Å². The largest absolute Gasteiger partial charge is 0.355 e. The summed E-state index contributed by atoms with van der Waals surface area (Å²) in [6, 6.07) is 2.08. The number of hydrogen-bond acceptors (Lipinski definition) is 2.